The minimum atomic E-state index is -3.60. The zero-order valence-corrected chi connectivity index (χ0v) is 15.4. The van der Waals surface area contributed by atoms with Crippen LogP contribution in [0.1, 0.15) is 11.6 Å². The molecule has 5 nitrogen and oxygen atoms in total. The maximum absolute atomic E-state index is 12.5. The molecule has 24 heavy (non-hydrogen) atoms. The van der Waals surface area contributed by atoms with Gasteiger partial charge in [0.1, 0.15) is 0 Å². The normalized spacial score (nSPS) is 17.7. The third-order valence-electron chi connectivity index (χ3n) is 3.99. The molecular formula is C16H19ClN2O3S2. The van der Waals surface area contributed by atoms with E-state index in [9.17, 15) is 8.42 Å². The molecule has 1 fully saturated rings. The molecule has 1 aliphatic rings. The summed E-state index contributed by atoms with van der Waals surface area (Å²) in [6.45, 7) is 3.23. The van der Waals surface area contributed by atoms with Crippen LogP contribution in [-0.4, -0.2) is 46.2 Å². The second kappa shape index (κ2) is 7.95. The Kier molecular flexibility index (Phi) is 5.91. The van der Waals surface area contributed by atoms with E-state index in [4.69, 9.17) is 16.3 Å². The van der Waals surface area contributed by atoms with Crippen LogP contribution >= 0.6 is 22.9 Å². The molecule has 1 saturated heterocycles. The predicted octanol–water partition coefficient (Wildman–Crippen LogP) is 2.75. The number of thiophene rings is 1. The highest BCUT2D eigenvalue weighted by Crippen LogP contribution is 2.24. The smallest absolute Gasteiger partial charge is 0.240 e. The second-order valence-corrected chi connectivity index (χ2v) is 8.51. The average molecular weight is 387 g/mol. The van der Waals surface area contributed by atoms with Crippen LogP contribution in [0.5, 0.6) is 0 Å². The molecule has 1 aromatic heterocycles. The van der Waals surface area contributed by atoms with Crippen molar-refractivity contribution in [2.45, 2.75) is 10.9 Å². The number of halogens is 1. The lowest BCUT2D eigenvalue weighted by Crippen LogP contribution is -2.43. The summed E-state index contributed by atoms with van der Waals surface area (Å²) in [5.41, 5.74) is 1.12. The predicted molar refractivity (Wildman–Crippen MR) is 96.1 cm³/mol. The molecule has 130 valence electrons. The molecule has 0 bridgehead atoms. The number of hydrogen-bond acceptors (Lipinski definition) is 5. The Morgan fingerprint density at radius 2 is 2.08 bits per heavy atom. The molecule has 0 saturated carbocycles. The molecule has 1 aromatic carbocycles. The van der Waals surface area contributed by atoms with Crippen molar-refractivity contribution in [3.8, 4) is 0 Å². The van der Waals surface area contributed by atoms with Crippen molar-refractivity contribution in [2.24, 2.45) is 0 Å². The van der Waals surface area contributed by atoms with E-state index in [0.29, 0.717) is 24.8 Å². The molecule has 8 heteroatoms. The molecule has 1 aliphatic heterocycles. The Bertz CT molecular complexity index is 759. The zero-order valence-electron chi connectivity index (χ0n) is 13.0. The van der Waals surface area contributed by atoms with Crippen LogP contribution < -0.4 is 4.72 Å². The number of sulfonamides is 1. The lowest BCUT2D eigenvalue weighted by atomic mass is 10.1. The highest BCUT2D eigenvalue weighted by atomic mass is 35.5. The second-order valence-electron chi connectivity index (χ2n) is 5.53. The lowest BCUT2D eigenvalue weighted by molar-refractivity contribution is 0.0173. The third-order valence-corrected chi connectivity index (χ3v) is 6.35. The summed E-state index contributed by atoms with van der Waals surface area (Å²) < 4.78 is 33.2. The maximum atomic E-state index is 12.5. The first kappa shape index (κ1) is 17.8. The largest absolute Gasteiger partial charge is 0.379 e. The lowest BCUT2D eigenvalue weighted by Gasteiger charge is -2.34. The Morgan fingerprint density at radius 3 is 2.75 bits per heavy atom. The summed E-state index contributed by atoms with van der Waals surface area (Å²) in [6, 6.07) is 8.32. The average Bonchev–Trinajstić information content (AvgIpc) is 3.10. The number of morpholine rings is 1. The van der Waals surface area contributed by atoms with Gasteiger partial charge in [0.15, 0.2) is 0 Å². The molecule has 2 heterocycles. The van der Waals surface area contributed by atoms with Gasteiger partial charge in [-0.2, -0.15) is 11.3 Å². The van der Waals surface area contributed by atoms with Crippen molar-refractivity contribution >= 4 is 33.0 Å². The zero-order chi connectivity index (χ0) is 17.0. The van der Waals surface area contributed by atoms with Crippen molar-refractivity contribution in [3.63, 3.8) is 0 Å². The summed E-state index contributed by atoms with van der Waals surface area (Å²) in [6.07, 6.45) is 0. The van der Waals surface area contributed by atoms with Crippen LogP contribution in [0.3, 0.4) is 0 Å². The van der Waals surface area contributed by atoms with E-state index in [2.05, 4.69) is 15.0 Å². The molecule has 0 spiro atoms. The Hall–Kier alpha value is -0.960. The van der Waals surface area contributed by atoms with E-state index >= 15 is 0 Å². The van der Waals surface area contributed by atoms with Gasteiger partial charge >= 0.3 is 0 Å². The molecule has 0 amide bonds. The van der Waals surface area contributed by atoms with E-state index in [1.54, 1.807) is 29.5 Å². The number of ether oxygens (including phenoxy) is 1. The summed E-state index contributed by atoms with van der Waals surface area (Å²) in [5, 5.41) is 4.47. The van der Waals surface area contributed by atoms with Crippen LogP contribution in [0.2, 0.25) is 5.02 Å². The number of nitrogens with one attached hydrogen (secondary N) is 1. The highest BCUT2D eigenvalue weighted by Gasteiger charge is 2.25. The molecule has 0 aliphatic carbocycles. The number of nitrogens with zero attached hydrogens (tertiary/aromatic N) is 1. The Labute approximate surface area is 151 Å². The topological polar surface area (TPSA) is 58.6 Å². The van der Waals surface area contributed by atoms with Crippen molar-refractivity contribution in [1.29, 1.82) is 0 Å². The van der Waals surface area contributed by atoms with Crippen LogP contribution in [0.25, 0.3) is 0 Å². The standard InChI is InChI=1S/C16H19ClN2O3S2/c17-14-2-1-3-15(10-14)24(20,21)18-11-16(13-4-9-23-12-13)19-5-7-22-8-6-19/h1-4,9-10,12,16,18H,5-8,11H2. The van der Waals surface area contributed by atoms with Gasteiger partial charge in [0.2, 0.25) is 10.0 Å². The summed E-state index contributed by atoms with van der Waals surface area (Å²) in [7, 11) is -3.60. The summed E-state index contributed by atoms with van der Waals surface area (Å²) in [5.74, 6) is 0. The molecule has 3 rings (SSSR count). The SMILES string of the molecule is O=S(=O)(NCC(c1ccsc1)N1CCOCC1)c1cccc(Cl)c1. The van der Waals surface area contributed by atoms with E-state index < -0.39 is 10.0 Å². The fraction of sp³-hybridized carbons (Fsp3) is 0.375. The third kappa shape index (κ3) is 4.36. The van der Waals surface area contributed by atoms with Gasteiger partial charge in [-0.05, 0) is 40.6 Å². The maximum Gasteiger partial charge on any atom is 0.240 e. The van der Waals surface area contributed by atoms with Gasteiger partial charge in [-0.25, -0.2) is 13.1 Å². The first-order chi connectivity index (χ1) is 11.6. The molecule has 0 radical (unpaired) electrons. The quantitative estimate of drug-likeness (QED) is 0.829. The van der Waals surface area contributed by atoms with Gasteiger partial charge in [0.05, 0.1) is 18.1 Å². The molecular weight excluding hydrogens is 368 g/mol. The van der Waals surface area contributed by atoms with E-state index in [-0.39, 0.29) is 10.9 Å². The van der Waals surface area contributed by atoms with Gasteiger partial charge in [-0.1, -0.05) is 17.7 Å². The summed E-state index contributed by atoms with van der Waals surface area (Å²) in [4.78, 5) is 2.44. The van der Waals surface area contributed by atoms with E-state index in [0.717, 1.165) is 18.7 Å². The van der Waals surface area contributed by atoms with Crippen LogP contribution in [-0.2, 0) is 14.8 Å². The van der Waals surface area contributed by atoms with Crippen LogP contribution in [0.4, 0.5) is 0 Å². The van der Waals surface area contributed by atoms with Crippen molar-refractivity contribution in [3.05, 3.63) is 51.7 Å². The molecule has 1 atom stereocenters. The Morgan fingerprint density at radius 1 is 1.29 bits per heavy atom. The van der Waals surface area contributed by atoms with E-state index in [1.165, 1.54) is 6.07 Å². The van der Waals surface area contributed by atoms with E-state index in [1.807, 2.05) is 11.4 Å². The van der Waals surface area contributed by atoms with Gasteiger partial charge in [0, 0.05) is 30.7 Å². The Balaban J connectivity index is 1.75. The number of hydrogen-bond donors (Lipinski definition) is 1. The first-order valence-electron chi connectivity index (χ1n) is 7.65. The van der Waals surface area contributed by atoms with Crippen molar-refractivity contribution in [1.82, 2.24) is 9.62 Å². The molecule has 1 N–H and O–H groups in total. The van der Waals surface area contributed by atoms with Crippen molar-refractivity contribution in [2.75, 3.05) is 32.8 Å². The van der Waals surface area contributed by atoms with Gasteiger partial charge in [-0.15, -0.1) is 0 Å². The fourth-order valence-corrected chi connectivity index (χ4v) is 4.76. The van der Waals surface area contributed by atoms with Gasteiger partial charge in [-0.3, -0.25) is 4.90 Å². The molecule has 1 unspecified atom stereocenters. The minimum absolute atomic E-state index is 0.00545. The highest BCUT2D eigenvalue weighted by molar-refractivity contribution is 7.89. The van der Waals surface area contributed by atoms with Crippen LogP contribution in [0.15, 0.2) is 46.0 Å². The number of rotatable bonds is 6. The molecule has 2 aromatic rings. The van der Waals surface area contributed by atoms with Crippen LogP contribution in [0, 0.1) is 0 Å². The minimum Gasteiger partial charge on any atom is -0.379 e. The monoisotopic (exact) mass is 386 g/mol. The summed E-state index contributed by atoms with van der Waals surface area (Å²) >= 11 is 7.51. The number of benzene rings is 1. The van der Waals surface area contributed by atoms with Gasteiger partial charge in [0.25, 0.3) is 0 Å². The van der Waals surface area contributed by atoms with Gasteiger partial charge < -0.3 is 4.74 Å². The first-order valence-corrected chi connectivity index (χ1v) is 10.5. The van der Waals surface area contributed by atoms with Crippen molar-refractivity contribution < 1.29 is 13.2 Å². The fourth-order valence-electron chi connectivity index (χ4n) is 2.72.